The Labute approximate surface area is 145 Å². The summed E-state index contributed by atoms with van der Waals surface area (Å²) in [6.45, 7) is 7.08. The number of benzene rings is 1. The number of halogens is 1. The molecular formula is C15H20BrN3O3S. The third-order valence-corrected chi connectivity index (χ3v) is 5.12. The molecule has 0 amide bonds. The maximum Gasteiger partial charge on any atom is 0.295 e. The molecule has 2 aromatic rings. The SMILES string of the molecule is Cc1cc(C)c(S(=O)(=O)[O-])c(C)c1.Cc1cc(N)[n+](N)cc1Br. The Balaban J connectivity index is 0.000000238. The molecule has 1 aromatic carbocycles. The van der Waals surface area contributed by atoms with E-state index in [1.165, 1.54) is 4.68 Å². The summed E-state index contributed by atoms with van der Waals surface area (Å²) in [6.07, 6.45) is 1.73. The molecular weight excluding hydrogens is 382 g/mol. The quantitative estimate of drug-likeness (QED) is 0.430. The van der Waals surface area contributed by atoms with Crippen LogP contribution in [-0.2, 0) is 10.1 Å². The highest BCUT2D eigenvalue weighted by Gasteiger charge is 2.09. The molecule has 0 bridgehead atoms. The van der Waals surface area contributed by atoms with Crippen molar-refractivity contribution in [2.24, 2.45) is 0 Å². The van der Waals surface area contributed by atoms with Gasteiger partial charge in [-0.25, -0.2) is 8.42 Å². The van der Waals surface area contributed by atoms with Crippen molar-refractivity contribution in [1.29, 1.82) is 0 Å². The van der Waals surface area contributed by atoms with E-state index in [2.05, 4.69) is 15.9 Å². The minimum atomic E-state index is -4.33. The molecule has 0 fully saturated rings. The van der Waals surface area contributed by atoms with E-state index in [0.29, 0.717) is 16.9 Å². The third-order valence-electron chi connectivity index (χ3n) is 3.15. The lowest BCUT2D eigenvalue weighted by Crippen LogP contribution is -2.46. The van der Waals surface area contributed by atoms with E-state index >= 15 is 0 Å². The van der Waals surface area contributed by atoms with Gasteiger partial charge in [-0.15, -0.1) is 4.68 Å². The summed E-state index contributed by atoms with van der Waals surface area (Å²) in [4.78, 5) is -0.0851. The smallest absolute Gasteiger partial charge is 0.295 e. The van der Waals surface area contributed by atoms with Gasteiger partial charge in [-0.1, -0.05) is 17.7 Å². The van der Waals surface area contributed by atoms with Gasteiger partial charge in [0.25, 0.3) is 5.82 Å². The largest absolute Gasteiger partial charge is 0.744 e. The standard InChI is InChI=1S/C9H12O3S.C6H8BrN3/c1-6-4-7(2)9(8(3)5-6)13(10,11)12;1-4-2-6(8)10(9)3-5(4)7/h4-5H,1-3H3,(H,10,11,12);2-3,8H,9H2,1H3. The van der Waals surface area contributed by atoms with E-state index in [4.69, 9.17) is 11.6 Å². The van der Waals surface area contributed by atoms with Crippen molar-refractivity contribution in [3.63, 3.8) is 0 Å². The first-order valence-electron chi connectivity index (χ1n) is 6.69. The number of rotatable bonds is 1. The second-order valence-electron chi connectivity index (χ2n) is 5.32. The van der Waals surface area contributed by atoms with Gasteiger partial charge in [0.15, 0.2) is 0 Å². The van der Waals surface area contributed by atoms with Crippen LogP contribution in [0.5, 0.6) is 0 Å². The number of hydrogen-bond acceptors (Lipinski definition) is 5. The number of nitrogen functional groups attached to an aromatic ring is 2. The Morgan fingerprint density at radius 3 is 1.91 bits per heavy atom. The van der Waals surface area contributed by atoms with E-state index in [9.17, 15) is 13.0 Å². The molecule has 0 aliphatic carbocycles. The maximum absolute atomic E-state index is 10.8. The molecule has 0 atom stereocenters. The van der Waals surface area contributed by atoms with Gasteiger partial charge in [-0.3, -0.25) is 11.6 Å². The van der Waals surface area contributed by atoms with Gasteiger partial charge in [0, 0.05) is 6.07 Å². The summed E-state index contributed by atoms with van der Waals surface area (Å²) in [5.74, 6) is 6.01. The summed E-state index contributed by atoms with van der Waals surface area (Å²) in [5.41, 5.74) is 8.59. The van der Waals surface area contributed by atoms with Crippen LogP contribution in [-0.4, -0.2) is 13.0 Å². The molecule has 0 saturated carbocycles. The van der Waals surface area contributed by atoms with Crippen LogP contribution in [0, 0.1) is 27.7 Å². The van der Waals surface area contributed by atoms with E-state index < -0.39 is 10.1 Å². The molecule has 2 rings (SSSR count). The summed E-state index contributed by atoms with van der Waals surface area (Å²) < 4.78 is 34.8. The van der Waals surface area contributed by atoms with Crippen LogP contribution >= 0.6 is 15.9 Å². The highest BCUT2D eigenvalue weighted by molar-refractivity contribution is 9.10. The van der Waals surface area contributed by atoms with Crippen LogP contribution in [0.2, 0.25) is 0 Å². The Hall–Kier alpha value is -1.64. The van der Waals surface area contributed by atoms with Crippen molar-refractivity contribution >= 4 is 31.9 Å². The van der Waals surface area contributed by atoms with Gasteiger partial charge >= 0.3 is 0 Å². The zero-order chi connectivity index (χ0) is 17.9. The number of nitrogens with two attached hydrogens (primary N) is 2. The number of hydrogen-bond donors (Lipinski definition) is 2. The van der Waals surface area contributed by atoms with Crippen molar-refractivity contribution in [2.45, 2.75) is 32.6 Å². The van der Waals surface area contributed by atoms with Crippen molar-refractivity contribution < 1.29 is 17.6 Å². The number of pyridine rings is 1. The Morgan fingerprint density at radius 1 is 1.04 bits per heavy atom. The van der Waals surface area contributed by atoms with Crippen LogP contribution < -0.4 is 16.3 Å². The van der Waals surface area contributed by atoms with E-state index in [-0.39, 0.29) is 4.90 Å². The molecule has 1 aromatic heterocycles. The molecule has 8 heteroatoms. The Kier molecular flexibility index (Phi) is 6.15. The fraction of sp³-hybridized carbons (Fsp3) is 0.267. The van der Waals surface area contributed by atoms with E-state index in [1.54, 1.807) is 32.2 Å². The molecule has 23 heavy (non-hydrogen) atoms. The lowest BCUT2D eigenvalue weighted by atomic mass is 10.1. The number of aromatic nitrogens is 1. The third kappa shape index (κ3) is 5.19. The van der Waals surface area contributed by atoms with Crippen molar-refractivity contribution in [3.8, 4) is 0 Å². The minimum absolute atomic E-state index is 0.0851. The van der Waals surface area contributed by atoms with Gasteiger partial charge in [-0.2, -0.15) is 0 Å². The zero-order valence-electron chi connectivity index (χ0n) is 13.4. The molecule has 4 N–H and O–H groups in total. The lowest BCUT2D eigenvalue weighted by molar-refractivity contribution is -0.624. The van der Waals surface area contributed by atoms with Gasteiger partial charge in [-0.05, 0) is 60.3 Å². The summed E-state index contributed by atoms with van der Waals surface area (Å²) in [7, 11) is -4.33. The molecule has 1 heterocycles. The van der Waals surface area contributed by atoms with Gasteiger partial charge in [0.1, 0.15) is 16.3 Å². The van der Waals surface area contributed by atoms with Crippen LogP contribution in [0.1, 0.15) is 22.3 Å². The Bertz CT molecular complexity index is 763. The van der Waals surface area contributed by atoms with Crippen LogP contribution in [0.3, 0.4) is 0 Å². The molecule has 0 aliphatic rings. The molecule has 0 radical (unpaired) electrons. The van der Waals surface area contributed by atoms with Crippen molar-refractivity contribution in [3.05, 3.63) is 51.1 Å². The van der Waals surface area contributed by atoms with Gasteiger partial charge in [0.2, 0.25) is 0 Å². The fourth-order valence-electron chi connectivity index (χ4n) is 2.22. The molecule has 0 saturated heterocycles. The molecule has 0 aliphatic heterocycles. The van der Waals surface area contributed by atoms with Crippen molar-refractivity contribution in [1.82, 2.24) is 0 Å². The maximum atomic E-state index is 10.8. The highest BCUT2D eigenvalue weighted by atomic mass is 79.9. The van der Waals surface area contributed by atoms with Gasteiger partial charge in [0.05, 0.1) is 9.37 Å². The van der Waals surface area contributed by atoms with Crippen LogP contribution in [0.15, 0.2) is 33.8 Å². The van der Waals surface area contributed by atoms with Gasteiger partial charge < -0.3 is 4.55 Å². The van der Waals surface area contributed by atoms with Crippen LogP contribution in [0.25, 0.3) is 0 Å². The molecule has 0 unspecified atom stereocenters. The van der Waals surface area contributed by atoms with Crippen LogP contribution in [0.4, 0.5) is 5.82 Å². The number of anilines is 1. The second kappa shape index (κ2) is 7.29. The fourth-order valence-corrected chi connectivity index (χ4v) is 3.47. The first-order chi connectivity index (χ1) is 10.4. The number of aryl methyl sites for hydroxylation is 4. The molecule has 6 nitrogen and oxygen atoms in total. The minimum Gasteiger partial charge on any atom is -0.744 e. The average Bonchev–Trinajstić information content (AvgIpc) is 2.34. The lowest BCUT2D eigenvalue weighted by Gasteiger charge is -2.14. The monoisotopic (exact) mass is 401 g/mol. The normalized spacial score (nSPS) is 10.9. The molecule has 126 valence electrons. The van der Waals surface area contributed by atoms with E-state index in [0.717, 1.165) is 15.6 Å². The van der Waals surface area contributed by atoms with E-state index in [1.807, 2.05) is 19.9 Å². The topological polar surface area (TPSA) is 113 Å². The molecule has 0 spiro atoms. The zero-order valence-corrected chi connectivity index (χ0v) is 15.8. The summed E-state index contributed by atoms with van der Waals surface area (Å²) in [6, 6.07) is 5.19. The first kappa shape index (κ1) is 19.4. The predicted octanol–water partition coefficient (Wildman–Crippen LogP) is 1.86. The number of nitrogens with zero attached hydrogens (tertiary/aromatic N) is 1. The summed E-state index contributed by atoms with van der Waals surface area (Å²) >= 11 is 3.32. The average molecular weight is 402 g/mol. The Morgan fingerprint density at radius 2 is 1.52 bits per heavy atom. The van der Waals surface area contributed by atoms with Crippen molar-refractivity contribution in [2.75, 3.05) is 11.6 Å². The highest BCUT2D eigenvalue weighted by Crippen LogP contribution is 2.20. The predicted molar refractivity (Wildman–Crippen MR) is 92.3 cm³/mol. The second-order valence-corrected chi connectivity index (χ2v) is 7.49. The summed E-state index contributed by atoms with van der Waals surface area (Å²) in [5, 5.41) is 0. The first-order valence-corrected chi connectivity index (χ1v) is 8.89.